The fraction of sp³-hybridized carbons (Fsp3) is 0.429. The van der Waals surface area contributed by atoms with Crippen LogP contribution in [0.4, 0.5) is 0 Å². The van der Waals surface area contributed by atoms with Crippen molar-refractivity contribution >= 4 is 0 Å². The highest BCUT2D eigenvalue weighted by atomic mass is 15.2. The highest BCUT2D eigenvalue weighted by Gasteiger charge is 2.38. The van der Waals surface area contributed by atoms with E-state index in [9.17, 15) is 0 Å². The molecule has 22 heavy (non-hydrogen) atoms. The van der Waals surface area contributed by atoms with Gasteiger partial charge >= 0.3 is 0 Å². The van der Waals surface area contributed by atoms with E-state index in [1.54, 1.807) is 5.56 Å². The van der Waals surface area contributed by atoms with Crippen LogP contribution in [0, 0.1) is 0 Å². The first-order chi connectivity index (χ1) is 10.9. The molecule has 2 heterocycles. The fourth-order valence-corrected chi connectivity index (χ4v) is 4.53. The van der Waals surface area contributed by atoms with Gasteiger partial charge in [0.2, 0.25) is 0 Å². The summed E-state index contributed by atoms with van der Waals surface area (Å²) < 4.78 is 0. The highest BCUT2D eigenvalue weighted by Crippen LogP contribution is 2.42. The Morgan fingerprint density at radius 2 is 1.36 bits per heavy atom. The van der Waals surface area contributed by atoms with Gasteiger partial charge in [0, 0.05) is 18.6 Å². The summed E-state index contributed by atoms with van der Waals surface area (Å²) in [5.74, 6) is 0.767. The molecule has 0 aliphatic carbocycles. The van der Waals surface area contributed by atoms with Crippen LogP contribution in [0.1, 0.15) is 49.1 Å². The molecule has 1 heteroatoms. The first-order valence-electron chi connectivity index (χ1n) is 8.75. The maximum atomic E-state index is 2.80. The van der Waals surface area contributed by atoms with Crippen molar-refractivity contribution in [2.75, 3.05) is 0 Å². The number of benzene rings is 2. The van der Waals surface area contributed by atoms with Crippen LogP contribution in [0.25, 0.3) is 0 Å². The van der Waals surface area contributed by atoms with Gasteiger partial charge in [0.1, 0.15) is 0 Å². The lowest BCUT2D eigenvalue weighted by molar-refractivity contribution is 0.0231. The Balaban J connectivity index is 1.52. The molecule has 2 saturated heterocycles. The molecule has 0 aromatic heterocycles. The molecule has 2 aromatic carbocycles. The molecule has 2 bridgehead atoms. The van der Waals surface area contributed by atoms with Gasteiger partial charge in [-0.1, -0.05) is 67.1 Å². The molecule has 2 aliphatic rings. The normalized spacial score (nSPS) is 28.5. The van der Waals surface area contributed by atoms with E-state index in [2.05, 4.69) is 65.6 Å². The van der Waals surface area contributed by atoms with E-state index < -0.39 is 0 Å². The van der Waals surface area contributed by atoms with E-state index in [-0.39, 0.29) is 0 Å². The Morgan fingerprint density at radius 3 is 2.00 bits per heavy atom. The van der Waals surface area contributed by atoms with E-state index in [0.29, 0.717) is 0 Å². The second-order valence-electron chi connectivity index (χ2n) is 6.98. The zero-order chi connectivity index (χ0) is 14.8. The van der Waals surface area contributed by atoms with Crippen LogP contribution in [0.15, 0.2) is 60.7 Å². The molecular weight excluding hydrogens is 266 g/mol. The summed E-state index contributed by atoms with van der Waals surface area (Å²) in [6.45, 7) is 1.14. The van der Waals surface area contributed by atoms with Crippen molar-refractivity contribution in [3.63, 3.8) is 0 Å². The number of hydrogen-bond acceptors (Lipinski definition) is 1. The van der Waals surface area contributed by atoms with E-state index >= 15 is 0 Å². The van der Waals surface area contributed by atoms with Crippen molar-refractivity contribution < 1.29 is 0 Å². The SMILES string of the molecule is c1ccc(CN2[C@@H]3CCC[C@H]2CC(c2ccccc2)C3)cc1. The van der Waals surface area contributed by atoms with E-state index in [1.165, 1.54) is 37.7 Å². The van der Waals surface area contributed by atoms with Gasteiger partial charge in [-0.25, -0.2) is 0 Å². The summed E-state index contributed by atoms with van der Waals surface area (Å²) in [5.41, 5.74) is 3.02. The molecule has 2 aliphatic heterocycles. The Bertz CT molecular complexity index is 578. The number of nitrogens with zero attached hydrogens (tertiary/aromatic N) is 1. The summed E-state index contributed by atoms with van der Waals surface area (Å²) >= 11 is 0. The van der Waals surface area contributed by atoms with Gasteiger partial charge in [0.05, 0.1) is 0 Å². The minimum absolute atomic E-state index is 0.767. The molecule has 114 valence electrons. The molecule has 0 N–H and O–H groups in total. The van der Waals surface area contributed by atoms with Crippen molar-refractivity contribution in [1.29, 1.82) is 0 Å². The van der Waals surface area contributed by atoms with Crippen LogP contribution in [0.3, 0.4) is 0 Å². The largest absolute Gasteiger partial charge is 0.293 e. The number of piperidine rings is 2. The third-order valence-corrected chi connectivity index (χ3v) is 5.60. The lowest BCUT2D eigenvalue weighted by atomic mass is 9.75. The van der Waals surface area contributed by atoms with E-state index in [4.69, 9.17) is 0 Å². The van der Waals surface area contributed by atoms with Gasteiger partial charge in [-0.05, 0) is 42.7 Å². The Morgan fingerprint density at radius 1 is 0.773 bits per heavy atom. The maximum Gasteiger partial charge on any atom is 0.0239 e. The fourth-order valence-electron chi connectivity index (χ4n) is 4.53. The smallest absolute Gasteiger partial charge is 0.0239 e. The molecule has 2 aromatic rings. The summed E-state index contributed by atoms with van der Waals surface area (Å²) in [6.07, 6.45) is 6.86. The van der Waals surface area contributed by atoms with Gasteiger partial charge in [0.15, 0.2) is 0 Å². The monoisotopic (exact) mass is 291 g/mol. The van der Waals surface area contributed by atoms with Crippen LogP contribution >= 0.6 is 0 Å². The highest BCUT2D eigenvalue weighted by molar-refractivity contribution is 5.22. The van der Waals surface area contributed by atoms with Gasteiger partial charge in [-0.3, -0.25) is 4.90 Å². The third-order valence-electron chi connectivity index (χ3n) is 5.60. The Kier molecular flexibility index (Phi) is 3.99. The van der Waals surface area contributed by atoms with Gasteiger partial charge in [-0.15, -0.1) is 0 Å². The van der Waals surface area contributed by atoms with Gasteiger partial charge in [0.25, 0.3) is 0 Å². The zero-order valence-electron chi connectivity index (χ0n) is 13.2. The number of rotatable bonds is 3. The van der Waals surface area contributed by atoms with Gasteiger partial charge in [-0.2, -0.15) is 0 Å². The molecule has 4 rings (SSSR count). The van der Waals surface area contributed by atoms with Crippen molar-refractivity contribution in [1.82, 2.24) is 4.90 Å². The summed E-state index contributed by atoms with van der Waals surface area (Å²) in [6, 6.07) is 23.7. The average molecular weight is 291 g/mol. The van der Waals surface area contributed by atoms with Crippen LogP contribution in [0.5, 0.6) is 0 Å². The Hall–Kier alpha value is -1.60. The average Bonchev–Trinajstić information content (AvgIpc) is 2.56. The first-order valence-corrected chi connectivity index (χ1v) is 8.75. The third kappa shape index (κ3) is 2.83. The molecule has 0 radical (unpaired) electrons. The van der Waals surface area contributed by atoms with Crippen LogP contribution in [0.2, 0.25) is 0 Å². The van der Waals surface area contributed by atoms with Crippen molar-refractivity contribution in [3.05, 3.63) is 71.8 Å². The van der Waals surface area contributed by atoms with Gasteiger partial charge < -0.3 is 0 Å². The van der Waals surface area contributed by atoms with Crippen LogP contribution in [-0.4, -0.2) is 17.0 Å². The lowest BCUT2D eigenvalue weighted by Crippen LogP contribution is -2.50. The number of hydrogen-bond donors (Lipinski definition) is 0. The van der Waals surface area contributed by atoms with E-state index in [0.717, 1.165) is 24.5 Å². The quantitative estimate of drug-likeness (QED) is 0.770. The van der Waals surface area contributed by atoms with Crippen LogP contribution < -0.4 is 0 Å². The maximum absolute atomic E-state index is 2.80. The zero-order valence-corrected chi connectivity index (χ0v) is 13.2. The molecule has 1 nitrogen and oxygen atoms in total. The first kappa shape index (κ1) is 14.0. The number of fused-ring (bicyclic) bond motifs is 2. The Labute approximate surface area is 134 Å². The standard InChI is InChI=1S/C21H25N/c1-3-8-17(9-4-1)16-22-20-12-7-13-21(22)15-19(14-20)18-10-5-2-6-11-18/h1-6,8-11,19-21H,7,12-16H2/t19?,20-,21+. The second kappa shape index (κ2) is 6.26. The van der Waals surface area contributed by atoms with Crippen molar-refractivity contribution in [3.8, 4) is 0 Å². The topological polar surface area (TPSA) is 3.24 Å². The molecule has 0 amide bonds. The second-order valence-corrected chi connectivity index (χ2v) is 6.98. The predicted molar refractivity (Wildman–Crippen MR) is 91.8 cm³/mol. The summed E-state index contributed by atoms with van der Waals surface area (Å²) in [4.78, 5) is 2.80. The molecule has 0 spiro atoms. The van der Waals surface area contributed by atoms with Crippen molar-refractivity contribution in [2.24, 2.45) is 0 Å². The molecule has 0 saturated carbocycles. The predicted octanol–water partition coefficient (Wildman–Crippen LogP) is 4.99. The van der Waals surface area contributed by atoms with E-state index in [1.807, 2.05) is 0 Å². The van der Waals surface area contributed by atoms with Crippen LogP contribution in [-0.2, 0) is 6.54 Å². The molecule has 3 atom stereocenters. The minimum atomic E-state index is 0.767. The molecule has 2 fully saturated rings. The minimum Gasteiger partial charge on any atom is -0.293 e. The molecular formula is C21H25N. The summed E-state index contributed by atoms with van der Waals surface area (Å²) in [5, 5.41) is 0. The lowest BCUT2D eigenvalue weighted by Gasteiger charge is -2.49. The molecule has 1 unspecified atom stereocenters. The summed E-state index contributed by atoms with van der Waals surface area (Å²) in [7, 11) is 0. The van der Waals surface area contributed by atoms with Crippen molar-refractivity contribution in [2.45, 2.75) is 56.7 Å².